The highest BCUT2D eigenvalue weighted by Gasteiger charge is 2.26. The number of aryl methyl sites for hydroxylation is 2. The van der Waals surface area contributed by atoms with Crippen LogP contribution in [0.2, 0.25) is 0 Å². The fourth-order valence-corrected chi connectivity index (χ4v) is 5.09. The number of sulfonamides is 1. The third kappa shape index (κ3) is 3.07. The molecule has 0 fully saturated rings. The molecule has 0 aliphatic heterocycles. The van der Waals surface area contributed by atoms with Crippen molar-refractivity contribution < 1.29 is 12.8 Å². The number of anilines is 1. The summed E-state index contributed by atoms with van der Waals surface area (Å²) in [5, 5.41) is 9.41. The molecular formula is C16H17N3O3S2. The van der Waals surface area contributed by atoms with E-state index in [9.17, 15) is 8.42 Å². The Bertz CT molecular complexity index is 960. The first-order valence-corrected chi connectivity index (χ1v) is 9.72. The number of hydrogen-bond acceptors (Lipinski definition) is 6. The van der Waals surface area contributed by atoms with E-state index in [4.69, 9.17) is 4.42 Å². The lowest BCUT2D eigenvalue weighted by Crippen LogP contribution is -2.30. The molecular weight excluding hydrogens is 346 g/mol. The molecule has 8 heteroatoms. The summed E-state index contributed by atoms with van der Waals surface area (Å²) in [6.45, 7) is 5.79. The minimum absolute atomic E-state index is 0.247. The predicted octanol–water partition coefficient (Wildman–Crippen LogP) is 3.63. The Balaban J connectivity index is 1.99. The molecule has 6 nitrogen and oxygen atoms in total. The summed E-state index contributed by atoms with van der Waals surface area (Å²) in [5.41, 5.74) is 2.27. The van der Waals surface area contributed by atoms with E-state index < -0.39 is 10.0 Å². The van der Waals surface area contributed by atoms with Gasteiger partial charge in [0.05, 0.1) is 11.3 Å². The van der Waals surface area contributed by atoms with Crippen LogP contribution in [0, 0.1) is 13.8 Å². The number of hydrogen-bond donors (Lipinski definition) is 0. The van der Waals surface area contributed by atoms with Gasteiger partial charge in [-0.15, -0.1) is 21.5 Å². The van der Waals surface area contributed by atoms with Gasteiger partial charge in [0, 0.05) is 18.8 Å². The van der Waals surface area contributed by atoms with Crippen molar-refractivity contribution >= 4 is 27.0 Å². The second-order valence-corrected chi connectivity index (χ2v) is 8.29. The van der Waals surface area contributed by atoms with Crippen molar-refractivity contribution in [3.8, 4) is 11.5 Å². The molecule has 0 spiro atoms. The molecule has 0 radical (unpaired) electrons. The van der Waals surface area contributed by atoms with Crippen LogP contribution in [0.15, 0.2) is 44.3 Å². The molecule has 0 aliphatic carbocycles. The van der Waals surface area contributed by atoms with Gasteiger partial charge < -0.3 is 4.42 Å². The molecule has 0 aliphatic rings. The van der Waals surface area contributed by atoms with Gasteiger partial charge in [-0.1, -0.05) is 12.1 Å². The van der Waals surface area contributed by atoms with E-state index in [1.54, 1.807) is 24.4 Å². The molecule has 0 saturated carbocycles. The minimum atomic E-state index is -3.64. The molecule has 0 bridgehead atoms. The minimum Gasteiger partial charge on any atom is -0.421 e. The molecule has 24 heavy (non-hydrogen) atoms. The number of benzene rings is 1. The predicted molar refractivity (Wildman–Crippen MR) is 93.7 cm³/mol. The highest BCUT2D eigenvalue weighted by molar-refractivity contribution is 7.94. The number of nitrogens with zero attached hydrogens (tertiary/aromatic N) is 3. The number of rotatable bonds is 5. The van der Waals surface area contributed by atoms with E-state index in [0.29, 0.717) is 29.6 Å². The molecule has 2 heterocycles. The van der Waals surface area contributed by atoms with Crippen LogP contribution >= 0.6 is 11.3 Å². The molecule has 0 N–H and O–H groups in total. The number of aromatic nitrogens is 2. The van der Waals surface area contributed by atoms with Crippen LogP contribution < -0.4 is 4.31 Å². The zero-order valence-electron chi connectivity index (χ0n) is 13.6. The fourth-order valence-electron chi connectivity index (χ4n) is 2.36. The summed E-state index contributed by atoms with van der Waals surface area (Å²) >= 11 is 1.15. The summed E-state index contributed by atoms with van der Waals surface area (Å²) < 4.78 is 33.0. The summed E-state index contributed by atoms with van der Waals surface area (Å²) in [4.78, 5) is 0. The smallest absolute Gasteiger partial charge is 0.273 e. The van der Waals surface area contributed by atoms with Crippen LogP contribution in [-0.4, -0.2) is 25.2 Å². The van der Waals surface area contributed by atoms with Gasteiger partial charge in [-0.05, 0) is 37.6 Å². The van der Waals surface area contributed by atoms with Gasteiger partial charge in [0.1, 0.15) is 4.21 Å². The Morgan fingerprint density at radius 1 is 1.21 bits per heavy atom. The van der Waals surface area contributed by atoms with Crippen LogP contribution in [0.1, 0.15) is 18.4 Å². The lowest BCUT2D eigenvalue weighted by atomic mass is 10.2. The van der Waals surface area contributed by atoms with Gasteiger partial charge >= 0.3 is 0 Å². The lowest BCUT2D eigenvalue weighted by molar-refractivity contribution is 0.533. The second-order valence-electron chi connectivity index (χ2n) is 5.29. The van der Waals surface area contributed by atoms with Gasteiger partial charge in [-0.3, -0.25) is 4.31 Å². The molecule has 0 saturated heterocycles. The SMILES string of the molecule is CCN(c1cccc(C)c1)S(=O)(=O)c1cc(-c2nnc(C)o2)cs1. The zero-order chi connectivity index (χ0) is 17.3. The maximum atomic E-state index is 13.0. The molecule has 2 aromatic heterocycles. The van der Waals surface area contributed by atoms with E-state index >= 15 is 0 Å². The van der Waals surface area contributed by atoms with E-state index in [1.165, 1.54) is 4.31 Å². The topological polar surface area (TPSA) is 76.3 Å². The maximum Gasteiger partial charge on any atom is 0.273 e. The molecule has 1 aromatic carbocycles. The first-order valence-electron chi connectivity index (χ1n) is 7.40. The Kier molecular flexibility index (Phi) is 4.42. The monoisotopic (exact) mass is 363 g/mol. The normalized spacial score (nSPS) is 11.6. The van der Waals surface area contributed by atoms with Gasteiger partial charge in [-0.25, -0.2) is 8.42 Å². The van der Waals surface area contributed by atoms with E-state index in [2.05, 4.69) is 10.2 Å². The zero-order valence-corrected chi connectivity index (χ0v) is 15.2. The summed E-state index contributed by atoms with van der Waals surface area (Å²) in [6.07, 6.45) is 0. The summed E-state index contributed by atoms with van der Waals surface area (Å²) in [6, 6.07) is 9.02. The number of thiophene rings is 1. The molecule has 126 valence electrons. The van der Waals surface area contributed by atoms with Crippen molar-refractivity contribution in [1.82, 2.24) is 10.2 Å². The van der Waals surface area contributed by atoms with Crippen molar-refractivity contribution in [2.75, 3.05) is 10.8 Å². The molecule has 3 aromatic rings. The fraction of sp³-hybridized carbons (Fsp3) is 0.250. The largest absolute Gasteiger partial charge is 0.421 e. The van der Waals surface area contributed by atoms with Crippen molar-refractivity contribution in [2.45, 2.75) is 25.0 Å². The third-order valence-corrected chi connectivity index (χ3v) is 6.79. The molecule has 0 amide bonds. The summed E-state index contributed by atoms with van der Waals surface area (Å²) in [5.74, 6) is 0.763. The highest BCUT2D eigenvalue weighted by Crippen LogP contribution is 2.32. The average Bonchev–Trinajstić information content (AvgIpc) is 3.16. The molecule has 0 unspecified atom stereocenters. The van der Waals surface area contributed by atoms with Crippen LogP contribution in [0.4, 0.5) is 5.69 Å². The van der Waals surface area contributed by atoms with Gasteiger partial charge in [0.25, 0.3) is 10.0 Å². The van der Waals surface area contributed by atoms with E-state index in [1.807, 2.05) is 32.0 Å². The van der Waals surface area contributed by atoms with Gasteiger partial charge in [0.2, 0.25) is 11.8 Å². The van der Waals surface area contributed by atoms with Crippen LogP contribution in [0.25, 0.3) is 11.5 Å². The van der Waals surface area contributed by atoms with Crippen molar-refractivity contribution in [3.63, 3.8) is 0 Å². The lowest BCUT2D eigenvalue weighted by Gasteiger charge is -2.22. The van der Waals surface area contributed by atoms with Crippen molar-refractivity contribution in [1.29, 1.82) is 0 Å². The Morgan fingerprint density at radius 2 is 2.00 bits per heavy atom. The maximum absolute atomic E-state index is 13.0. The summed E-state index contributed by atoms with van der Waals surface area (Å²) in [7, 11) is -3.64. The van der Waals surface area contributed by atoms with E-state index in [-0.39, 0.29) is 4.21 Å². The Labute approximate surface area is 144 Å². The second kappa shape index (κ2) is 6.37. The van der Waals surface area contributed by atoms with Crippen molar-refractivity contribution in [3.05, 3.63) is 47.2 Å². The van der Waals surface area contributed by atoms with Gasteiger partial charge in [-0.2, -0.15) is 0 Å². The van der Waals surface area contributed by atoms with Gasteiger partial charge in [0.15, 0.2) is 0 Å². The van der Waals surface area contributed by atoms with E-state index in [0.717, 1.165) is 16.9 Å². The standard InChI is InChI=1S/C16H17N3O3S2/c1-4-19(14-7-5-6-11(2)8-14)24(20,21)15-9-13(10-23-15)16-18-17-12(3)22-16/h5-10H,4H2,1-3H3. The average molecular weight is 363 g/mol. The third-order valence-electron chi connectivity index (χ3n) is 3.47. The molecule has 0 atom stereocenters. The van der Waals surface area contributed by atoms with Crippen LogP contribution in [0.3, 0.4) is 0 Å². The van der Waals surface area contributed by atoms with Crippen LogP contribution in [-0.2, 0) is 10.0 Å². The quantitative estimate of drug-likeness (QED) is 0.692. The first kappa shape index (κ1) is 16.7. The highest BCUT2D eigenvalue weighted by atomic mass is 32.2. The van der Waals surface area contributed by atoms with Crippen LogP contribution in [0.5, 0.6) is 0 Å². The molecule has 3 rings (SSSR count). The Morgan fingerprint density at radius 3 is 2.62 bits per heavy atom. The van der Waals surface area contributed by atoms with Crippen molar-refractivity contribution in [2.24, 2.45) is 0 Å². The first-order chi connectivity index (χ1) is 11.4. The Hall–Kier alpha value is -2.19.